The Bertz CT molecular complexity index is 371. The fourth-order valence-electron chi connectivity index (χ4n) is 1.25. The van der Waals surface area contributed by atoms with Crippen molar-refractivity contribution >= 4 is 17.2 Å². The first kappa shape index (κ1) is 13.0. The maximum absolute atomic E-state index is 12.5. The van der Waals surface area contributed by atoms with E-state index >= 15 is 0 Å². The van der Waals surface area contributed by atoms with Crippen LogP contribution in [0.5, 0.6) is 0 Å². The van der Waals surface area contributed by atoms with Gasteiger partial charge in [-0.2, -0.15) is 13.2 Å². The van der Waals surface area contributed by atoms with Crippen molar-refractivity contribution in [3.8, 4) is 0 Å². The Balaban J connectivity index is 3.05. The van der Waals surface area contributed by atoms with Crippen molar-refractivity contribution in [3.63, 3.8) is 0 Å². The number of amides is 1. The van der Waals surface area contributed by atoms with Crippen LogP contribution < -0.4 is 0 Å². The number of halogens is 3. The number of nitrogens with zero attached hydrogens (tertiary/aromatic N) is 2. The van der Waals surface area contributed by atoms with Crippen molar-refractivity contribution in [2.75, 3.05) is 13.1 Å². The molecule has 90 valence electrons. The third-order valence-corrected chi connectivity index (χ3v) is 2.90. The molecule has 0 N–H and O–H groups in total. The summed E-state index contributed by atoms with van der Waals surface area (Å²) in [5.74, 6) is -0.611. The number of carbonyl (C=O) groups is 1. The summed E-state index contributed by atoms with van der Waals surface area (Å²) in [7, 11) is 0. The molecular weight excluding hydrogens is 241 g/mol. The highest BCUT2D eigenvalue weighted by Gasteiger charge is 2.39. The molecule has 1 amide bonds. The van der Waals surface area contributed by atoms with E-state index in [9.17, 15) is 18.0 Å². The van der Waals surface area contributed by atoms with Gasteiger partial charge in [-0.15, -0.1) is 11.3 Å². The Labute approximate surface area is 94.9 Å². The summed E-state index contributed by atoms with van der Waals surface area (Å²) >= 11 is 0.721. The van der Waals surface area contributed by atoms with Crippen molar-refractivity contribution in [1.82, 2.24) is 9.88 Å². The smallest absolute Gasteiger partial charge is 0.338 e. The van der Waals surface area contributed by atoms with Gasteiger partial charge in [-0.05, 0) is 13.8 Å². The summed E-state index contributed by atoms with van der Waals surface area (Å²) in [5.41, 5.74) is -0.0473. The molecule has 0 saturated carbocycles. The number of alkyl halides is 3. The van der Waals surface area contributed by atoms with Gasteiger partial charge in [-0.25, -0.2) is 4.98 Å². The SMILES string of the molecule is CCN(CC)C(=O)c1scnc1C(F)(F)F. The predicted octanol–water partition coefficient (Wildman–Crippen LogP) is 2.64. The van der Waals surface area contributed by atoms with Crippen LogP contribution in [0.2, 0.25) is 0 Å². The van der Waals surface area contributed by atoms with E-state index in [-0.39, 0.29) is 4.88 Å². The summed E-state index contributed by atoms with van der Waals surface area (Å²) in [6, 6.07) is 0. The predicted molar refractivity (Wildman–Crippen MR) is 54.4 cm³/mol. The first-order valence-corrected chi connectivity index (χ1v) is 5.59. The Morgan fingerprint density at radius 3 is 2.44 bits per heavy atom. The van der Waals surface area contributed by atoms with E-state index < -0.39 is 17.8 Å². The third-order valence-electron chi connectivity index (χ3n) is 2.08. The average Bonchev–Trinajstić information content (AvgIpc) is 2.67. The largest absolute Gasteiger partial charge is 0.434 e. The van der Waals surface area contributed by atoms with Gasteiger partial charge in [-0.3, -0.25) is 4.79 Å². The van der Waals surface area contributed by atoms with Gasteiger partial charge in [0.1, 0.15) is 4.88 Å². The second kappa shape index (κ2) is 4.82. The number of hydrogen-bond donors (Lipinski definition) is 0. The highest BCUT2D eigenvalue weighted by atomic mass is 32.1. The molecule has 0 bridgehead atoms. The monoisotopic (exact) mass is 252 g/mol. The number of aromatic nitrogens is 1. The lowest BCUT2D eigenvalue weighted by Gasteiger charge is -2.18. The van der Waals surface area contributed by atoms with Crippen LogP contribution in [0, 0.1) is 0 Å². The molecule has 1 aromatic heterocycles. The minimum Gasteiger partial charge on any atom is -0.338 e. The molecule has 3 nitrogen and oxygen atoms in total. The summed E-state index contributed by atoms with van der Waals surface area (Å²) in [5, 5.41) is 0. The van der Waals surface area contributed by atoms with Crippen LogP contribution in [0.1, 0.15) is 29.2 Å². The molecule has 1 aromatic rings. The van der Waals surface area contributed by atoms with E-state index in [4.69, 9.17) is 0 Å². The summed E-state index contributed by atoms with van der Waals surface area (Å²) in [6.07, 6.45) is -4.57. The van der Waals surface area contributed by atoms with Crippen molar-refractivity contribution in [3.05, 3.63) is 16.1 Å². The quantitative estimate of drug-likeness (QED) is 0.828. The van der Waals surface area contributed by atoms with Crippen LogP contribution in [0.15, 0.2) is 5.51 Å². The summed E-state index contributed by atoms with van der Waals surface area (Å²) in [4.78, 5) is 15.9. The van der Waals surface area contributed by atoms with Crippen LogP contribution in [0.25, 0.3) is 0 Å². The number of thiazole rings is 1. The van der Waals surface area contributed by atoms with Gasteiger partial charge in [-0.1, -0.05) is 0 Å². The maximum Gasteiger partial charge on any atom is 0.434 e. The molecular formula is C9H11F3N2OS. The maximum atomic E-state index is 12.5. The Morgan fingerprint density at radius 1 is 1.44 bits per heavy atom. The van der Waals surface area contributed by atoms with Crippen molar-refractivity contribution in [2.45, 2.75) is 20.0 Å². The first-order chi connectivity index (χ1) is 7.41. The van der Waals surface area contributed by atoms with E-state index in [0.29, 0.717) is 13.1 Å². The van der Waals surface area contributed by atoms with Gasteiger partial charge in [0.2, 0.25) is 0 Å². The van der Waals surface area contributed by atoms with Gasteiger partial charge < -0.3 is 4.90 Å². The number of hydrogen-bond acceptors (Lipinski definition) is 3. The highest BCUT2D eigenvalue weighted by Crippen LogP contribution is 2.33. The second-order valence-corrected chi connectivity index (χ2v) is 3.86. The minimum atomic E-state index is -4.57. The minimum absolute atomic E-state index is 0.337. The fourth-order valence-corrected chi connectivity index (χ4v) is 2.03. The molecule has 0 aliphatic heterocycles. The third kappa shape index (κ3) is 2.52. The molecule has 7 heteroatoms. The molecule has 16 heavy (non-hydrogen) atoms. The van der Waals surface area contributed by atoms with E-state index in [1.54, 1.807) is 13.8 Å². The van der Waals surface area contributed by atoms with Gasteiger partial charge in [0, 0.05) is 13.1 Å². The van der Waals surface area contributed by atoms with E-state index in [2.05, 4.69) is 4.98 Å². The average molecular weight is 252 g/mol. The molecule has 0 atom stereocenters. The topological polar surface area (TPSA) is 33.2 Å². The molecule has 0 saturated heterocycles. The molecule has 0 aliphatic rings. The zero-order chi connectivity index (χ0) is 12.3. The Kier molecular flexibility index (Phi) is 3.90. The summed E-state index contributed by atoms with van der Waals surface area (Å²) < 4.78 is 37.5. The first-order valence-electron chi connectivity index (χ1n) is 4.71. The molecule has 0 radical (unpaired) electrons. The zero-order valence-electron chi connectivity index (χ0n) is 8.84. The zero-order valence-corrected chi connectivity index (χ0v) is 9.65. The van der Waals surface area contributed by atoms with Crippen molar-refractivity contribution in [1.29, 1.82) is 0 Å². The fraction of sp³-hybridized carbons (Fsp3) is 0.556. The van der Waals surface area contributed by atoms with Gasteiger partial charge in [0.25, 0.3) is 5.91 Å². The Morgan fingerprint density at radius 2 is 2.00 bits per heavy atom. The standard InChI is InChI=1S/C9H11F3N2OS/c1-3-14(4-2)8(15)6-7(9(10,11)12)13-5-16-6/h5H,3-4H2,1-2H3. The van der Waals surface area contributed by atoms with Gasteiger partial charge in [0.05, 0.1) is 5.51 Å². The molecule has 0 spiro atoms. The molecule has 0 unspecified atom stereocenters. The Hall–Kier alpha value is -1.11. The lowest BCUT2D eigenvalue weighted by atomic mass is 10.3. The molecule has 0 fully saturated rings. The van der Waals surface area contributed by atoms with E-state index in [1.807, 2.05) is 0 Å². The number of rotatable bonds is 3. The van der Waals surface area contributed by atoms with Crippen molar-refractivity contribution < 1.29 is 18.0 Å². The van der Waals surface area contributed by atoms with Gasteiger partial charge in [0.15, 0.2) is 5.69 Å². The normalized spacial score (nSPS) is 11.6. The molecule has 1 rings (SSSR count). The van der Waals surface area contributed by atoms with E-state index in [0.717, 1.165) is 16.8 Å². The lowest BCUT2D eigenvalue weighted by molar-refractivity contribution is -0.141. The van der Waals surface area contributed by atoms with Crippen molar-refractivity contribution in [2.24, 2.45) is 0 Å². The van der Waals surface area contributed by atoms with Gasteiger partial charge >= 0.3 is 6.18 Å². The number of carbonyl (C=O) groups excluding carboxylic acids is 1. The highest BCUT2D eigenvalue weighted by molar-refractivity contribution is 7.11. The second-order valence-electron chi connectivity index (χ2n) is 3.01. The molecule has 1 heterocycles. The molecule has 0 aromatic carbocycles. The lowest BCUT2D eigenvalue weighted by Crippen LogP contribution is -2.31. The molecule has 0 aliphatic carbocycles. The van der Waals surface area contributed by atoms with Crippen LogP contribution in [0.3, 0.4) is 0 Å². The summed E-state index contributed by atoms with van der Waals surface area (Å²) in [6.45, 7) is 4.19. The van der Waals surface area contributed by atoms with Crippen LogP contribution in [-0.2, 0) is 6.18 Å². The van der Waals surface area contributed by atoms with Crippen LogP contribution in [-0.4, -0.2) is 28.9 Å². The van der Waals surface area contributed by atoms with Crippen LogP contribution in [0.4, 0.5) is 13.2 Å². The van der Waals surface area contributed by atoms with E-state index in [1.165, 1.54) is 4.90 Å². The van der Waals surface area contributed by atoms with Crippen LogP contribution >= 0.6 is 11.3 Å².